The summed E-state index contributed by atoms with van der Waals surface area (Å²) in [5.74, 6) is 1.26. The van der Waals surface area contributed by atoms with E-state index in [1.165, 1.54) is 11.3 Å². The summed E-state index contributed by atoms with van der Waals surface area (Å²) in [5.41, 5.74) is 7.97. The van der Waals surface area contributed by atoms with Crippen molar-refractivity contribution >= 4 is 28.2 Å². The third kappa shape index (κ3) is 3.04. The van der Waals surface area contributed by atoms with Crippen molar-refractivity contribution in [1.82, 2.24) is 25.1 Å². The fourth-order valence-electron chi connectivity index (χ4n) is 2.65. The van der Waals surface area contributed by atoms with E-state index in [9.17, 15) is 4.79 Å². The molecule has 0 bridgehead atoms. The second-order valence-electron chi connectivity index (χ2n) is 5.04. The van der Waals surface area contributed by atoms with Crippen LogP contribution in [0.4, 0.5) is 10.9 Å². The predicted octanol–water partition coefficient (Wildman–Crippen LogP) is 1.00. The number of anilines is 2. The maximum atomic E-state index is 11.9. The zero-order valence-corrected chi connectivity index (χ0v) is 13.0. The van der Waals surface area contributed by atoms with Gasteiger partial charge < -0.3 is 16.0 Å². The molecule has 22 heavy (non-hydrogen) atoms. The van der Waals surface area contributed by atoms with Crippen molar-refractivity contribution in [2.24, 2.45) is 5.73 Å². The van der Waals surface area contributed by atoms with Crippen molar-refractivity contribution in [1.29, 1.82) is 0 Å². The van der Waals surface area contributed by atoms with Gasteiger partial charge in [0.1, 0.15) is 17.2 Å². The minimum absolute atomic E-state index is 0.0243. The molecule has 0 saturated carbocycles. The largest absolute Gasteiger partial charge is 0.333 e. The van der Waals surface area contributed by atoms with Gasteiger partial charge in [0.25, 0.3) is 0 Å². The topological polar surface area (TPSA) is 110 Å². The van der Waals surface area contributed by atoms with Gasteiger partial charge >= 0.3 is 0 Å². The average Bonchev–Trinajstić information content (AvgIpc) is 3.16. The first-order valence-electron chi connectivity index (χ1n) is 7.05. The summed E-state index contributed by atoms with van der Waals surface area (Å²) in [6, 6.07) is 1.83. The molecule has 0 spiro atoms. The van der Waals surface area contributed by atoms with Gasteiger partial charge in [-0.1, -0.05) is 11.3 Å². The van der Waals surface area contributed by atoms with Gasteiger partial charge in [-0.25, -0.2) is 9.97 Å². The number of nitrogens with one attached hydrogen (secondary N) is 1. The van der Waals surface area contributed by atoms with Crippen LogP contribution in [0, 0.1) is 6.92 Å². The molecular weight excluding hydrogens is 302 g/mol. The number of aryl methyl sites for hydroxylation is 1. The Kier molecular flexibility index (Phi) is 4.25. The number of nitrogens with two attached hydrogens (primary N) is 1. The third-order valence-corrected chi connectivity index (χ3v) is 4.15. The number of carbonyl (C=O) groups is 1. The maximum absolute atomic E-state index is 11.9. The van der Waals surface area contributed by atoms with Gasteiger partial charge in [-0.15, -0.1) is 10.2 Å². The number of rotatable bonds is 4. The summed E-state index contributed by atoms with van der Waals surface area (Å²) in [6.07, 6.45) is 1.85. The highest BCUT2D eigenvalue weighted by Gasteiger charge is 2.30. The molecule has 1 aliphatic rings. The number of aromatic nitrogens is 4. The smallest absolute Gasteiger partial charge is 0.236 e. The van der Waals surface area contributed by atoms with Gasteiger partial charge in [0, 0.05) is 12.6 Å². The molecular formula is C13H17N7OS. The van der Waals surface area contributed by atoms with E-state index in [2.05, 4.69) is 25.5 Å². The van der Waals surface area contributed by atoms with Crippen molar-refractivity contribution in [3.8, 4) is 0 Å². The lowest BCUT2D eigenvalue weighted by Gasteiger charge is -2.24. The first kappa shape index (κ1) is 14.8. The minimum atomic E-state index is -0.0441. The predicted molar refractivity (Wildman–Crippen MR) is 82.7 cm³/mol. The molecule has 1 fully saturated rings. The third-order valence-electron chi connectivity index (χ3n) is 3.54. The van der Waals surface area contributed by atoms with Crippen LogP contribution in [-0.4, -0.2) is 44.1 Å². The molecule has 2 aromatic rings. The summed E-state index contributed by atoms with van der Waals surface area (Å²) in [7, 11) is 0. The first-order chi connectivity index (χ1) is 10.7. The summed E-state index contributed by atoms with van der Waals surface area (Å²) >= 11 is 1.40. The molecule has 3 N–H and O–H groups in total. The van der Waals surface area contributed by atoms with Crippen LogP contribution in [0.2, 0.25) is 0 Å². The molecule has 2 aromatic heterocycles. The molecule has 8 nitrogen and oxygen atoms in total. The van der Waals surface area contributed by atoms with Crippen LogP contribution in [0.1, 0.15) is 30.4 Å². The molecule has 9 heteroatoms. The molecule has 1 atom stereocenters. The van der Waals surface area contributed by atoms with Gasteiger partial charge in [-0.3, -0.25) is 4.79 Å². The standard InChI is InChI=1S/C13H17N7OS/c1-8-16-9(10-3-2-4-20(10)12(21)6-14)5-11(17-8)18-13-19-15-7-22-13/h5,7,10H,2-4,6,14H2,1H3,(H,16,17,18,19). The van der Waals surface area contributed by atoms with Crippen molar-refractivity contribution in [3.05, 3.63) is 23.1 Å². The number of likely N-dealkylation sites (tertiary alicyclic amines) is 1. The van der Waals surface area contributed by atoms with E-state index in [-0.39, 0.29) is 18.5 Å². The van der Waals surface area contributed by atoms with Crippen molar-refractivity contribution in [2.45, 2.75) is 25.8 Å². The van der Waals surface area contributed by atoms with Crippen molar-refractivity contribution < 1.29 is 4.79 Å². The van der Waals surface area contributed by atoms with E-state index in [4.69, 9.17) is 5.73 Å². The molecule has 0 radical (unpaired) electrons. The van der Waals surface area contributed by atoms with Crippen LogP contribution in [0.3, 0.4) is 0 Å². The number of amides is 1. The minimum Gasteiger partial charge on any atom is -0.333 e. The Bertz CT molecular complexity index is 660. The Morgan fingerprint density at radius 1 is 1.55 bits per heavy atom. The molecule has 3 heterocycles. The molecule has 116 valence electrons. The second-order valence-corrected chi connectivity index (χ2v) is 5.88. The van der Waals surface area contributed by atoms with Crippen molar-refractivity contribution in [2.75, 3.05) is 18.4 Å². The quantitative estimate of drug-likeness (QED) is 0.865. The van der Waals surface area contributed by atoms with E-state index in [0.29, 0.717) is 16.8 Å². The zero-order valence-electron chi connectivity index (χ0n) is 12.2. The average molecular weight is 319 g/mol. The Morgan fingerprint density at radius 3 is 3.14 bits per heavy atom. The lowest BCUT2D eigenvalue weighted by molar-refractivity contribution is -0.130. The van der Waals surface area contributed by atoms with E-state index >= 15 is 0 Å². The highest BCUT2D eigenvalue weighted by molar-refractivity contribution is 7.13. The Morgan fingerprint density at radius 2 is 2.41 bits per heavy atom. The van der Waals surface area contributed by atoms with Gasteiger partial charge in [0.2, 0.25) is 11.0 Å². The molecule has 0 aliphatic carbocycles. The van der Waals surface area contributed by atoms with Gasteiger partial charge in [-0.05, 0) is 19.8 Å². The summed E-state index contributed by atoms with van der Waals surface area (Å²) in [5, 5.41) is 11.5. The fraction of sp³-hybridized carbons (Fsp3) is 0.462. The van der Waals surface area contributed by atoms with E-state index in [1.54, 1.807) is 10.4 Å². The number of hydrogen-bond acceptors (Lipinski definition) is 8. The summed E-state index contributed by atoms with van der Waals surface area (Å²) < 4.78 is 0. The molecule has 1 aliphatic heterocycles. The maximum Gasteiger partial charge on any atom is 0.236 e. The fourth-order valence-corrected chi connectivity index (χ4v) is 3.10. The molecule has 1 saturated heterocycles. The second kappa shape index (κ2) is 6.32. The molecule has 3 rings (SSSR count). The SMILES string of the molecule is Cc1nc(Nc2nncs2)cc(C2CCCN2C(=O)CN)n1. The van der Waals surface area contributed by atoms with Gasteiger partial charge in [-0.2, -0.15) is 0 Å². The lowest BCUT2D eigenvalue weighted by Crippen LogP contribution is -2.35. The van der Waals surface area contributed by atoms with Crippen LogP contribution in [0.15, 0.2) is 11.6 Å². The van der Waals surface area contributed by atoms with Crippen LogP contribution in [-0.2, 0) is 4.79 Å². The highest BCUT2D eigenvalue weighted by atomic mass is 32.1. The molecule has 1 amide bonds. The normalized spacial score (nSPS) is 17.7. The molecule has 1 unspecified atom stereocenters. The Hall–Kier alpha value is -2.13. The lowest BCUT2D eigenvalue weighted by atomic mass is 10.1. The Balaban J connectivity index is 1.87. The van der Waals surface area contributed by atoms with Crippen LogP contribution in [0.5, 0.6) is 0 Å². The van der Waals surface area contributed by atoms with Crippen LogP contribution < -0.4 is 11.1 Å². The number of hydrogen-bond donors (Lipinski definition) is 2. The van der Waals surface area contributed by atoms with E-state index in [0.717, 1.165) is 25.1 Å². The monoisotopic (exact) mass is 319 g/mol. The Labute approximate surface area is 131 Å². The van der Waals surface area contributed by atoms with E-state index in [1.807, 2.05) is 13.0 Å². The van der Waals surface area contributed by atoms with Crippen molar-refractivity contribution in [3.63, 3.8) is 0 Å². The molecule has 0 aromatic carbocycles. The highest BCUT2D eigenvalue weighted by Crippen LogP contribution is 2.32. The van der Waals surface area contributed by atoms with Crippen LogP contribution in [0.25, 0.3) is 0 Å². The first-order valence-corrected chi connectivity index (χ1v) is 7.93. The van der Waals surface area contributed by atoms with Gasteiger partial charge in [0.05, 0.1) is 18.3 Å². The summed E-state index contributed by atoms with van der Waals surface area (Å²) in [4.78, 5) is 22.6. The summed E-state index contributed by atoms with van der Waals surface area (Å²) in [6.45, 7) is 2.58. The zero-order chi connectivity index (χ0) is 15.5. The van der Waals surface area contributed by atoms with Gasteiger partial charge in [0.15, 0.2) is 0 Å². The number of carbonyl (C=O) groups excluding carboxylic acids is 1. The number of nitrogens with zero attached hydrogens (tertiary/aromatic N) is 5. The van der Waals surface area contributed by atoms with Crippen LogP contribution >= 0.6 is 11.3 Å². The van der Waals surface area contributed by atoms with E-state index < -0.39 is 0 Å².